The molecule has 0 spiro atoms. The first-order valence-corrected chi connectivity index (χ1v) is 10.6. The normalized spacial score (nSPS) is 17.2. The van der Waals surface area contributed by atoms with Gasteiger partial charge < -0.3 is 15.1 Å². The third-order valence-electron chi connectivity index (χ3n) is 4.71. The van der Waals surface area contributed by atoms with E-state index >= 15 is 0 Å². The lowest BCUT2D eigenvalue weighted by molar-refractivity contribution is 0.150. The molecule has 0 aromatic carbocycles. The zero-order valence-corrected chi connectivity index (χ0v) is 16.4. The Labute approximate surface area is 160 Å². The average Bonchev–Trinajstić information content (AvgIpc) is 3.37. The molecule has 142 valence electrons. The minimum Gasteiger partial charge on any atom is -0.468 e. The van der Waals surface area contributed by atoms with E-state index in [-0.39, 0.29) is 6.04 Å². The first kappa shape index (κ1) is 19.0. The maximum Gasteiger partial charge on any atom is 0.191 e. The highest BCUT2D eigenvalue weighted by molar-refractivity contribution is 7.09. The molecule has 2 N–H and O–H groups in total. The fraction of sp³-hybridized carbons (Fsp3) is 0.550. The van der Waals surface area contributed by atoms with E-state index in [0.29, 0.717) is 6.54 Å². The van der Waals surface area contributed by atoms with Crippen molar-refractivity contribution in [2.24, 2.45) is 4.99 Å². The van der Waals surface area contributed by atoms with Gasteiger partial charge in [-0.15, -0.1) is 11.3 Å². The minimum absolute atomic E-state index is 0.220. The molecule has 2 aromatic heterocycles. The summed E-state index contributed by atoms with van der Waals surface area (Å²) in [6.07, 6.45) is 6.65. The van der Waals surface area contributed by atoms with E-state index < -0.39 is 0 Å². The number of rotatable bonds is 8. The van der Waals surface area contributed by atoms with Crippen LogP contribution in [-0.2, 0) is 6.42 Å². The van der Waals surface area contributed by atoms with Crippen molar-refractivity contribution in [3.8, 4) is 0 Å². The lowest BCUT2D eigenvalue weighted by Crippen LogP contribution is -2.40. The maximum atomic E-state index is 5.72. The Bertz CT molecular complexity index is 633. The smallest absolute Gasteiger partial charge is 0.191 e. The summed E-state index contributed by atoms with van der Waals surface area (Å²) >= 11 is 1.80. The number of nitrogens with one attached hydrogen (secondary N) is 2. The van der Waals surface area contributed by atoms with Crippen LogP contribution in [0.25, 0.3) is 0 Å². The van der Waals surface area contributed by atoms with Crippen LogP contribution in [0, 0.1) is 0 Å². The summed E-state index contributed by atoms with van der Waals surface area (Å²) in [5.41, 5.74) is 0. The first-order chi connectivity index (χ1) is 12.9. The van der Waals surface area contributed by atoms with Crippen LogP contribution in [-0.4, -0.2) is 43.6 Å². The van der Waals surface area contributed by atoms with Crippen molar-refractivity contribution < 1.29 is 4.42 Å². The van der Waals surface area contributed by atoms with Crippen LogP contribution in [0.4, 0.5) is 0 Å². The number of aliphatic imine (C=N–C) groups is 1. The van der Waals surface area contributed by atoms with Gasteiger partial charge in [-0.05, 0) is 62.9 Å². The molecule has 6 heteroatoms. The van der Waals surface area contributed by atoms with Crippen molar-refractivity contribution in [3.63, 3.8) is 0 Å². The third kappa shape index (κ3) is 5.61. The molecule has 1 atom stereocenters. The van der Waals surface area contributed by atoms with E-state index in [1.165, 1.54) is 24.1 Å². The summed E-state index contributed by atoms with van der Waals surface area (Å²) in [4.78, 5) is 8.77. The second-order valence-corrected chi connectivity index (χ2v) is 7.64. The molecule has 3 rings (SSSR count). The van der Waals surface area contributed by atoms with Crippen molar-refractivity contribution in [2.45, 2.75) is 38.6 Å². The Morgan fingerprint density at radius 2 is 2.12 bits per heavy atom. The van der Waals surface area contributed by atoms with E-state index in [0.717, 1.165) is 44.3 Å². The monoisotopic (exact) mass is 374 g/mol. The predicted molar refractivity (Wildman–Crippen MR) is 109 cm³/mol. The average molecular weight is 375 g/mol. The van der Waals surface area contributed by atoms with Gasteiger partial charge in [-0.1, -0.05) is 12.5 Å². The first-order valence-electron chi connectivity index (χ1n) is 9.69. The molecule has 1 saturated heterocycles. The zero-order chi connectivity index (χ0) is 18.0. The van der Waals surface area contributed by atoms with Gasteiger partial charge in [-0.3, -0.25) is 9.89 Å². The zero-order valence-electron chi connectivity index (χ0n) is 15.6. The second kappa shape index (κ2) is 10.4. The van der Waals surface area contributed by atoms with E-state index in [1.54, 1.807) is 17.6 Å². The van der Waals surface area contributed by atoms with E-state index in [4.69, 9.17) is 9.41 Å². The lowest BCUT2D eigenvalue weighted by Gasteiger charge is -2.32. The summed E-state index contributed by atoms with van der Waals surface area (Å²) in [6, 6.07) is 8.55. The van der Waals surface area contributed by atoms with Crippen LogP contribution in [0.3, 0.4) is 0 Å². The van der Waals surface area contributed by atoms with Gasteiger partial charge in [0.15, 0.2) is 5.96 Å². The largest absolute Gasteiger partial charge is 0.468 e. The Kier molecular flexibility index (Phi) is 7.58. The summed E-state index contributed by atoms with van der Waals surface area (Å²) in [5.74, 6) is 1.91. The molecule has 1 aliphatic heterocycles. The SMILES string of the molecule is CCNC(=NCC(c1ccco1)N1CCCCC1)NCCc1cccs1. The maximum absolute atomic E-state index is 5.72. The van der Waals surface area contributed by atoms with Gasteiger partial charge in [-0.2, -0.15) is 0 Å². The van der Waals surface area contributed by atoms with Crippen molar-refractivity contribution in [1.29, 1.82) is 0 Å². The minimum atomic E-state index is 0.220. The fourth-order valence-corrected chi connectivity index (χ4v) is 4.08. The number of thiophene rings is 1. The molecule has 1 aliphatic rings. The molecule has 0 bridgehead atoms. The summed E-state index contributed by atoms with van der Waals surface area (Å²) in [5, 5.41) is 8.94. The van der Waals surface area contributed by atoms with Crippen molar-refractivity contribution in [3.05, 3.63) is 46.5 Å². The number of likely N-dealkylation sites (tertiary alicyclic amines) is 1. The molecule has 2 aromatic rings. The molecule has 26 heavy (non-hydrogen) atoms. The van der Waals surface area contributed by atoms with Crippen LogP contribution >= 0.6 is 11.3 Å². The third-order valence-corrected chi connectivity index (χ3v) is 5.65. The summed E-state index contributed by atoms with van der Waals surface area (Å²) < 4.78 is 5.72. The number of piperidine rings is 1. The summed E-state index contributed by atoms with van der Waals surface area (Å²) in [6.45, 7) is 6.82. The molecule has 0 amide bonds. The second-order valence-electron chi connectivity index (χ2n) is 6.60. The van der Waals surface area contributed by atoms with Crippen molar-refractivity contribution in [2.75, 3.05) is 32.7 Å². The van der Waals surface area contributed by atoms with E-state index in [1.807, 2.05) is 6.07 Å². The predicted octanol–water partition coefficient (Wildman–Crippen LogP) is 3.67. The number of hydrogen-bond acceptors (Lipinski definition) is 4. The van der Waals surface area contributed by atoms with Crippen molar-refractivity contribution >= 4 is 17.3 Å². The molecular formula is C20H30N4OS. The molecule has 5 nitrogen and oxygen atoms in total. The molecule has 0 aliphatic carbocycles. The number of guanidine groups is 1. The van der Waals surface area contributed by atoms with Gasteiger partial charge in [0.05, 0.1) is 18.8 Å². The lowest BCUT2D eigenvalue weighted by atomic mass is 10.1. The van der Waals surface area contributed by atoms with Gasteiger partial charge in [0.2, 0.25) is 0 Å². The fourth-order valence-electron chi connectivity index (χ4n) is 3.37. The van der Waals surface area contributed by atoms with E-state index in [2.05, 4.69) is 46.0 Å². The Hall–Kier alpha value is -1.79. The van der Waals surface area contributed by atoms with Crippen LogP contribution in [0.5, 0.6) is 0 Å². The van der Waals surface area contributed by atoms with E-state index in [9.17, 15) is 0 Å². The Balaban J connectivity index is 1.60. The molecular weight excluding hydrogens is 344 g/mol. The molecule has 0 saturated carbocycles. The van der Waals surface area contributed by atoms with Crippen LogP contribution in [0.2, 0.25) is 0 Å². The van der Waals surface area contributed by atoms with Gasteiger partial charge in [0, 0.05) is 18.0 Å². The summed E-state index contributed by atoms with van der Waals surface area (Å²) in [7, 11) is 0. The highest BCUT2D eigenvalue weighted by Gasteiger charge is 2.24. The molecule has 3 heterocycles. The highest BCUT2D eigenvalue weighted by Crippen LogP contribution is 2.25. The quantitative estimate of drug-likeness (QED) is 0.547. The van der Waals surface area contributed by atoms with Gasteiger partial charge in [-0.25, -0.2) is 0 Å². The van der Waals surface area contributed by atoms with Crippen molar-refractivity contribution in [1.82, 2.24) is 15.5 Å². The van der Waals surface area contributed by atoms with Crippen LogP contribution in [0.15, 0.2) is 45.3 Å². The number of furan rings is 1. The number of nitrogens with zero attached hydrogens (tertiary/aromatic N) is 2. The standard InChI is InChI=1S/C20H30N4OS/c1-2-21-20(22-11-10-17-8-7-15-26-17)23-16-18(19-9-6-14-25-19)24-12-4-3-5-13-24/h6-9,14-15,18H,2-5,10-13,16H2,1H3,(H2,21,22,23). The molecule has 1 fully saturated rings. The molecule has 1 unspecified atom stereocenters. The van der Waals surface area contributed by atoms with Gasteiger partial charge in [0.1, 0.15) is 5.76 Å². The van der Waals surface area contributed by atoms with Gasteiger partial charge >= 0.3 is 0 Å². The van der Waals surface area contributed by atoms with Gasteiger partial charge in [0.25, 0.3) is 0 Å². The topological polar surface area (TPSA) is 52.8 Å². The Morgan fingerprint density at radius 1 is 1.23 bits per heavy atom. The number of hydrogen-bond donors (Lipinski definition) is 2. The van der Waals surface area contributed by atoms with Crippen LogP contribution in [0.1, 0.15) is 42.9 Å². The molecule has 0 radical (unpaired) electrons. The Morgan fingerprint density at radius 3 is 2.81 bits per heavy atom. The highest BCUT2D eigenvalue weighted by atomic mass is 32.1. The van der Waals surface area contributed by atoms with Crippen LogP contribution < -0.4 is 10.6 Å².